The van der Waals surface area contributed by atoms with E-state index >= 15 is 0 Å². The summed E-state index contributed by atoms with van der Waals surface area (Å²) in [5.74, 6) is 0.00421. The van der Waals surface area contributed by atoms with Crippen molar-refractivity contribution in [3.05, 3.63) is 23.8 Å². The molecule has 0 saturated heterocycles. The normalized spacial score (nSPS) is 9.86. The maximum Gasteiger partial charge on any atom is 0.161 e. The van der Waals surface area contributed by atoms with Crippen LogP contribution in [0.15, 0.2) is 18.2 Å². The molecular weight excluding hydrogens is 176 g/mol. The van der Waals surface area contributed by atoms with E-state index < -0.39 is 0 Å². The quantitative estimate of drug-likeness (QED) is 0.568. The van der Waals surface area contributed by atoms with E-state index in [1.165, 1.54) is 6.92 Å². The van der Waals surface area contributed by atoms with Gasteiger partial charge in [-0.25, -0.2) is 0 Å². The van der Waals surface area contributed by atoms with Crippen LogP contribution in [-0.4, -0.2) is 12.3 Å². The Balaban J connectivity index is 2.83. The van der Waals surface area contributed by atoms with Crippen molar-refractivity contribution in [3.8, 4) is 0 Å². The van der Waals surface area contributed by atoms with Crippen LogP contribution >= 0.6 is 0 Å². The van der Waals surface area contributed by atoms with Gasteiger partial charge in [-0.2, -0.15) is 0 Å². The molecule has 0 amide bonds. The van der Waals surface area contributed by atoms with Gasteiger partial charge in [0.25, 0.3) is 0 Å². The van der Waals surface area contributed by atoms with Crippen molar-refractivity contribution in [2.24, 2.45) is 0 Å². The zero-order chi connectivity index (χ0) is 10.6. The Labute approximate surface area is 84.3 Å². The molecule has 76 valence electrons. The van der Waals surface area contributed by atoms with E-state index in [4.69, 9.17) is 5.73 Å². The minimum atomic E-state index is 0.00421. The van der Waals surface area contributed by atoms with Crippen LogP contribution in [0.4, 0.5) is 11.4 Å². The Hall–Kier alpha value is -1.51. The van der Waals surface area contributed by atoms with E-state index in [9.17, 15) is 4.79 Å². The minimum Gasteiger partial charge on any atom is -0.398 e. The zero-order valence-corrected chi connectivity index (χ0v) is 8.63. The van der Waals surface area contributed by atoms with Crippen LogP contribution in [0.5, 0.6) is 0 Å². The van der Waals surface area contributed by atoms with Crippen molar-refractivity contribution in [1.29, 1.82) is 0 Å². The molecule has 0 bridgehead atoms. The van der Waals surface area contributed by atoms with Crippen molar-refractivity contribution in [2.45, 2.75) is 20.3 Å². The molecule has 0 aromatic heterocycles. The van der Waals surface area contributed by atoms with E-state index in [1.807, 2.05) is 6.07 Å². The molecular formula is C11H16N2O. The Bertz CT molecular complexity index is 334. The van der Waals surface area contributed by atoms with Crippen LogP contribution in [0.2, 0.25) is 0 Å². The lowest BCUT2D eigenvalue weighted by molar-refractivity contribution is 0.101. The molecule has 1 aromatic carbocycles. The summed E-state index contributed by atoms with van der Waals surface area (Å²) in [6.45, 7) is 4.53. The van der Waals surface area contributed by atoms with Crippen molar-refractivity contribution in [1.82, 2.24) is 0 Å². The predicted octanol–water partition coefficient (Wildman–Crippen LogP) is 2.29. The third-order valence-electron chi connectivity index (χ3n) is 2.01. The third kappa shape index (κ3) is 2.49. The van der Waals surface area contributed by atoms with Crippen LogP contribution < -0.4 is 11.1 Å². The predicted molar refractivity (Wildman–Crippen MR) is 59.6 cm³/mol. The fourth-order valence-electron chi connectivity index (χ4n) is 1.26. The van der Waals surface area contributed by atoms with Crippen LogP contribution in [0.3, 0.4) is 0 Å². The molecule has 0 saturated carbocycles. The summed E-state index contributed by atoms with van der Waals surface area (Å²) in [7, 11) is 0. The summed E-state index contributed by atoms with van der Waals surface area (Å²) < 4.78 is 0. The first-order chi connectivity index (χ1) is 6.65. The number of carbonyl (C=O) groups is 1. The molecule has 0 aliphatic rings. The second kappa shape index (κ2) is 4.65. The first-order valence-electron chi connectivity index (χ1n) is 4.79. The highest BCUT2D eigenvalue weighted by molar-refractivity contribution is 5.99. The van der Waals surface area contributed by atoms with Crippen molar-refractivity contribution >= 4 is 17.2 Å². The van der Waals surface area contributed by atoms with Crippen molar-refractivity contribution in [2.75, 3.05) is 17.6 Å². The maximum atomic E-state index is 11.1. The number of hydrogen-bond acceptors (Lipinski definition) is 3. The Kier molecular flexibility index (Phi) is 3.51. The van der Waals surface area contributed by atoms with E-state index in [0.29, 0.717) is 11.3 Å². The highest BCUT2D eigenvalue weighted by Gasteiger charge is 2.04. The lowest BCUT2D eigenvalue weighted by atomic mass is 10.1. The van der Waals surface area contributed by atoms with Crippen LogP contribution in [-0.2, 0) is 0 Å². The molecule has 0 heterocycles. The van der Waals surface area contributed by atoms with E-state index in [0.717, 1.165) is 18.7 Å². The minimum absolute atomic E-state index is 0.00421. The number of nitrogen functional groups attached to an aromatic ring is 1. The van der Waals surface area contributed by atoms with Gasteiger partial charge in [-0.3, -0.25) is 4.79 Å². The molecule has 0 radical (unpaired) electrons. The van der Waals surface area contributed by atoms with E-state index in [-0.39, 0.29) is 5.78 Å². The molecule has 0 spiro atoms. The second-order valence-electron chi connectivity index (χ2n) is 3.28. The number of anilines is 2. The van der Waals surface area contributed by atoms with Crippen LogP contribution in [0, 0.1) is 0 Å². The lowest BCUT2D eigenvalue weighted by Gasteiger charge is -2.07. The molecule has 1 rings (SSSR count). The second-order valence-corrected chi connectivity index (χ2v) is 3.28. The smallest absolute Gasteiger partial charge is 0.161 e. The SMILES string of the molecule is CCCNc1ccc(C(C)=O)c(N)c1. The fraction of sp³-hybridized carbons (Fsp3) is 0.364. The largest absolute Gasteiger partial charge is 0.398 e. The van der Waals surface area contributed by atoms with Crippen molar-refractivity contribution in [3.63, 3.8) is 0 Å². The van der Waals surface area contributed by atoms with Gasteiger partial charge in [0.2, 0.25) is 0 Å². The van der Waals surface area contributed by atoms with Gasteiger partial charge in [-0.05, 0) is 31.5 Å². The zero-order valence-electron chi connectivity index (χ0n) is 8.63. The first kappa shape index (κ1) is 10.6. The van der Waals surface area contributed by atoms with Crippen LogP contribution in [0.1, 0.15) is 30.6 Å². The number of rotatable bonds is 4. The van der Waals surface area contributed by atoms with E-state index in [2.05, 4.69) is 12.2 Å². The summed E-state index contributed by atoms with van der Waals surface area (Å²) in [6.07, 6.45) is 1.06. The van der Waals surface area contributed by atoms with Gasteiger partial charge in [0.05, 0.1) is 0 Å². The molecule has 3 heteroatoms. The van der Waals surface area contributed by atoms with E-state index in [1.54, 1.807) is 12.1 Å². The number of hydrogen-bond donors (Lipinski definition) is 2. The van der Waals surface area contributed by atoms with Gasteiger partial charge in [-0.15, -0.1) is 0 Å². The van der Waals surface area contributed by atoms with Gasteiger partial charge in [0, 0.05) is 23.5 Å². The fourth-order valence-corrected chi connectivity index (χ4v) is 1.26. The molecule has 1 aromatic rings. The van der Waals surface area contributed by atoms with Gasteiger partial charge in [0.15, 0.2) is 5.78 Å². The summed E-state index contributed by atoms with van der Waals surface area (Å²) in [5.41, 5.74) is 7.83. The molecule has 3 nitrogen and oxygen atoms in total. The highest BCUT2D eigenvalue weighted by atomic mass is 16.1. The molecule has 3 N–H and O–H groups in total. The number of nitrogens with one attached hydrogen (secondary N) is 1. The van der Waals surface area contributed by atoms with Gasteiger partial charge >= 0.3 is 0 Å². The molecule has 0 atom stereocenters. The average molecular weight is 192 g/mol. The van der Waals surface area contributed by atoms with Gasteiger partial charge < -0.3 is 11.1 Å². The summed E-state index contributed by atoms with van der Waals surface area (Å²) in [4.78, 5) is 11.1. The number of benzene rings is 1. The number of ketones is 1. The van der Waals surface area contributed by atoms with Gasteiger partial charge in [-0.1, -0.05) is 6.92 Å². The number of nitrogens with two attached hydrogens (primary N) is 1. The van der Waals surface area contributed by atoms with Gasteiger partial charge in [0.1, 0.15) is 0 Å². The highest BCUT2D eigenvalue weighted by Crippen LogP contribution is 2.18. The summed E-state index contributed by atoms with van der Waals surface area (Å²) >= 11 is 0. The van der Waals surface area contributed by atoms with Crippen LogP contribution in [0.25, 0.3) is 0 Å². The molecule has 0 unspecified atom stereocenters. The number of Topliss-reactive ketones (excluding diaryl/α,β-unsaturated/α-hetero) is 1. The summed E-state index contributed by atoms with van der Waals surface area (Å²) in [5, 5.41) is 3.21. The monoisotopic (exact) mass is 192 g/mol. The Morgan fingerprint density at radius 3 is 2.71 bits per heavy atom. The molecule has 0 aliphatic heterocycles. The molecule has 14 heavy (non-hydrogen) atoms. The third-order valence-corrected chi connectivity index (χ3v) is 2.01. The van der Waals surface area contributed by atoms with Crippen molar-refractivity contribution < 1.29 is 4.79 Å². The summed E-state index contributed by atoms with van der Waals surface area (Å²) in [6, 6.07) is 5.44. The molecule has 0 fully saturated rings. The standard InChI is InChI=1S/C11H16N2O/c1-3-6-13-9-4-5-10(8(2)14)11(12)7-9/h4-5,7,13H,3,6,12H2,1-2H3. The maximum absolute atomic E-state index is 11.1. The lowest BCUT2D eigenvalue weighted by Crippen LogP contribution is -2.03. The number of carbonyl (C=O) groups excluding carboxylic acids is 1. The first-order valence-corrected chi connectivity index (χ1v) is 4.79. The molecule has 0 aliphatic carbocycles. The Morgan fingerprint density at radius 2 is 2.21 bits per heavy atom. The average Bonchev–Trinajstić information content (AvgIpc) is 2.14. The topological polar surface area (TPSA) is 55.1 Å². The Morgan fingerprint density at radius 1 is 1.50 bits per heavy atom.